The number of furan rings is 1. The summed E-state index contributed by atoms with van der Waals surface area (Å²) >= 11 is 0. The monoisotopic (exact) mass is 348 g/mol. The second-order valence-electron chi connectivity index (χ2n) is 5.94. The summed E-state index contributed by atoms with van der Waals surface area (Å²) in [5.74, 6) is -0.157. The standard InChI is InChI=1S/C16H23F3N2O3/c1-3-12-6-7-14(24-12)13(10-23-2)20-15(22)21-8-4-5-11(9-21)16(17,18)19/h6-7,11,13H,3-5,8-10H2,1-2H3,(H,20,22)/t11-,13-/m1/s1. The molecule has 0 aliphatic carbocycles. The predicted molar refractivity (Wildman–Crippen MR) is 81.6 cm³/mol. The number of amides is 2. The molecular weight excluding hydrogens is 325 g/mol. The molecule has 1 aliphatic heterocycles. The molecule has 1 aromatic rings. The molecule has 2 heterocycles. The van der Waals surface area contributed by atoms with Gasteiger partial charge in [0.25, 0.3) is 0 Å². The number of halogens is 3. The Kier molecular flexibility index (Phi) is 6.15. The summed E-state index contributed by atoms with van der Waals surface area (Å²) in [4.78, 5) is 13.6. The molecule has 0 spiro atoms. The van der Waals surface area contributed by atoms with Gasteiger partial charge in [-0.2, -0.15) is 13.2 Å². The number of likely N-dealkylation sites (tertiary alicyclic amines) is 1. The Labute approximate surface area is 139 Å². The Bertz CT molecular complexity index is 545. The summed E-state index contributed by atoms with van der Waals surface area (Å²) in [6.07, 6.45) is -3.16. The molecule has 0 aromatic carbocycles. The fourth-order valence-electron chi connectivity index (χ4n) is 2.80. The van der Waals surface area contributed by atoms with Crippen molar-refractivity contribution >= 4 is 6.03 Å². The highest BCUT2D eigenvalue weighted by Crippen LogP contribution is 2.33. The van der Waals surface area contributed by atoms with Gasteiger partial charge in [0.15, 0.2) is 0 Å². The van der Waals surface area contributed by atoms with E-state index in [0.717, 1.165) is 5.76 Å². The van der Waals surface area contributed by atoms with Crippen LogP contribution >= 0.6 is 0 Å². The second kappa shape index (κ2) is 7.92. The third-order valence-electron chi connectivity index (χ3n) is 4.18. The predicted octanol–water partition coefficient (Wildman–Crippen LogP) is 3.51. The highest BCUT2D eigenvalue weighted by atomic mass is 19.4. The van der Waals surface area contributed by atoms with Crippen molar-refractivity contribution in [3.8, 4) is 0 Å². The molecule has 2 rings (SSSR count). The Morgan fingerprint density at radius 1 is 1.50 bits per heavy atom. The number of piperidine rings is 1. The maximum atomic E-state index is 12.9. The average molecular weight is 348 g/mol. The first-order chi connectivity index (χ1) is 11.3. The summed E-state index contributed by atoms with van der Waals surface area (Å²) in [6.45, 7) is 2.13. The Hall–Kier alpha value is -1.70. The van der Waals surface area contributed by atoms with Crippen LogP contribution in [0.5, 0.6) is 0 Å². The molecule has 1 N–H and O–H groups in total. The zero-order valence-electron chi connectivity index (χ0n) is 13.9. The van der Waals surface area contributed by atoms with E-state index in [-0.39, 0.29) is 19.6 Å². The van der Waals surface area contributed by atoms with Gasteiger partial charge in [0.1, 0.15) is 17.6 Å². The van der Waals surface area contributed by atoms with Crippen LogP contribution in [0.3, 0.4) is 0 Å². The maximum absolute atomic E-state index is 12.9. The van der Waals surface area contributed by atoms with Crippen LogP contribution < -0.4 is 5.32 Å². The summed E-state index contributed by atoms with van der Waals surface area (Å²) in [5, 5.41) is 2.71. The van der Waals surface area contributed by atoms with Crippen LogP contribution in [0.15, 0.2) is 16.5 Å². The van der Waals surface area contributed by atoms with Crippen LogP contribution in [-0.4, -0.2) is 43.9 Å². The van der Waals surface area contributed by atoms with Gasteiger partial charge in [-0.25, -0.2) is 4.79 Å². The highest BCUT2D eigenvalue weighted by Gasteiger charge is 2.42. The van der Waals surface area contributed by atoms with E-state index < -0.39 is 24.2 Å². The minimum Gasteiger partial charge on any atom is -0.464 e. The molecule has 5 nitrogen and oxygen atoms in total. The van der Waals surface area contributed by atoms with Gasteiger partial charge < -0.3 is 19.4 Å². The molecule has 1 aliphatic rings. The number of nitrogens with one attached hydrogen (secondary N) is 1. The SMILES string of the molecule is CCc1ccc([C@@H](COC)NC(=O)N2CCC[C@@H](C(F)(F)F)C2)o1. The number of alkyl halides is 3. The minimum atomic E-state index is -4.28. The van der Waals surface area contributed by atoms with Crippen molar-refractivity contribution in [3.05, 3.63) is 23.7 Å². The van der Waals surface area contributed by atoms with Crippen molar-refractivity contribution in [1.29, 1.82) is 0 Å². The van der Waals surface area contributed by atoms with E-state index in [2.05, 4.69) is 5.32 Å². The minimum absolute atomic E-state index is 0.0623. The number of nitrogens with zero attached hydrogens (tertiary/aromatic N) is 1. The van der Waals surface area contributed by atoms with Crippen molar-refractivity contribution in [2.24, 2.45) is 5.92 Å². The molecule has 1 fully saturated rings. The number of carbonyl (C=O) groups is 1. The first-order valence-corrected chi connectivity index (χ1v) is 8.04. The number of rotatable bonds is 5. The smallest absolute Gasteiger partial charge is 0.393 e. The normalized spacial score (nSPS) is 20.0. The van der Waals surface area contributed by atoms with Crippen LogP contribution in [-0.2, 0) is 11.2 Å². The van der Waals surface area contributed by atoms with Gasteiger partial charge in [-0.05, 0) is 25.0 Å². The van der Waals surface area contributed by atoms with Crippen LogP contribution in [0.2, 0.25) is 0 Å². The van der Waals surface area contributed by atoms with Crippen molar-refractivity contribution in [3.63, 3.8) is 0 Å². The molecule has 0 unspecified atom stereocenters. The van der Waals surface area contributed by atoms with Gasteiger partial charge in [-0.1, -0.05) is 6.92 Å². The Morgan fingerprint density at radius 2 is 2.25 bits per heavy atom. The number of carbonyl (C=O) groups excluding carboxylic acids is 1. The molecule has 8 heteroatoms. The van der Waals surface area contributed by atoms with Crippen LogP contribution in [0, 0.1) is 5.92 Å². The van der Waals surface area contributed by atoms with Crippen LogP contribution in [0.1, 0.15) is 37.3 Å². The van der Waals surface area contributed by atoms with Crippen molar-refractivity contribution in [1.82, 2.24) is 10.2 Å². The number of urea groups is 1. The fourth-order valence-corrected chi connectivity index (χ4v) is 2.80. The fraction of sp³-hybridized carbons (Fsp3) is 0.688. The lowest BCUT2D eigenvalue weighted by Crippen LogP contribution is -2.49. The Morgan fingerprint density at radius 3 is 2.83 bits per heavy atom. The van der Waals surface area contributed by atoms with E-state index in [9.17, 15) is 18.0 Å². The largest absolute Gasteiger partial charge is 0.464 e. The van der Waals surface area contributed by atoms with Crippen LogP contribution in [0.4, 0.5) is 18.0 Å². The van der Waals surface area contributed by atoms with Gasteiger partial charge in [0, 0.05) is 26.6 Å². The summed E-state index contributed by atoms with van der Waals surface area (Å²) in [7, 11) is 1.49. The number of hydrogen-bond donors (Lipinski definition) is 1. The maximum Gasteiger partial charge on any atom is 0.393 e. The van der Waals surface area contributed by atoms with Gasteiger partial charge in [-0.15, -0.1) is 0 Å². The molecule has 2 atom stereocenters. The molecule has 1 saturated heterocycles. The first-order valence-electron chi connectivity index (χ1n) is 8.04. The van der Waals surface area contributed by atoms with E-state index in [1.54, 1.807) is 6.07 Å². The van der Waals surface area contributed by atoms with Gasteiger partial charge >= 0.3 is 12.2 Å². The third kappa shape index (κ3) is 4.66. The molecule has 136 valence electrons. The highest BCUT2D eigenvalue weighted by molar-refractivity contribution is 5.74. The van der Waals surface area contributed by atoms with Gasteiger partial charge in [0.05, 0.1) is 12.5 Å². The van der Waals surface area contributed by atoms with Crippen LogP contribution in [0.25, 0.3) is 0 Å². The van der Waals surface area contributed by atoms with E-state index in [1.807, 2.05) is 13.0 Å². The molecule has 0 bridgehead atoms. The number of methoxy groups -OCH3 is 1. The van der Waals surface area contributed by atoms with E-state index in [1.165, 1.54) is 12.0 Å². The van der Waals surface area contributed by atoms with Gasteiger partial charge in [-0.3, -0.25) is 0 Å². The zero-order chi connectivity index (χ0) is 17.7. The van der Waals surface area contributed by atoms with Gasteiger partial charge in [0.2, 0.25) is 0 Å². The van der Waals surface area contributed by atoms with E-state index in [0.29, 0.717) is 25.1 Å². The third-order valence-corrected chi connectivity index (χ3v) is 4.18. The summed E-state index contributed by atoms with van der Waals surface area (Å²) in [5.41, 5.74) is 0. The lowest BCUT2D eigenvalue weighted by molar-refractivity contribution is -0.184. The average Bonchev–Trinajstić information content (AvgIpc) is 3.02. The lowest BCUT2D eigenvalue weighted by atomic mass is 9.98. The number of aryl methyl sites for hydroxylation is 1. The van der Waals surface area contributed by atoms with E-state index >= 15 is 0 Å². The molecule has 24 heavy (non-hydrogen) atoms. The van der Waals surface area contributed by atoms with Crippen molar-refractivity contribution in [2.45, 2.75) is 38.4 Å². The molecule has 0 radical (unpaired) electrons. The first kappa shape index (κ1) is 18.6. The summed E-state index contributed by atoms with van der Waals surface area (Å²) < 4.78 is 49.3. The molecular formula is C16H23F3N2O3. The lowest BCUT2D eigenvalue weighted by Gasteiger charge is -2.34. The zero-order valence-corrected chi connectivity index (χ0v) is 13.9. The summed E-state index contributed by atoms with van der Waals surface area (Å²) in [6, 6.07) is 2.50. The second-order valence-corrected chi connectivity index (χ2v) is 5.94. The van der Waals surface area contributed by atoms with E-state index in [4.69, 9.17) is 9.15 Å². The number of ether oxygens (including phenoxy) is 1. The van der Waals surface area contributed by atoms with Crippen molar-refractivity contribution in [2.75, 3.05) is 26.8 Å². The molecule has 1 aromatic heterocycles. The topological polar surface area (TPSA) is 54.7 Å². The Balaban J connectivity index is 2.02. The van der Waals surface area contributed by atoms with Crippen molar-refractivity contribution < 1.29 is 27.1 Å². The number of hydrogen-bond acceptors (Lipinski definition) is 3. The molecule has 0 saturated carbocycles. The quantitative estimate of drug-likeness (QED) is 0.886. The molecule has 2 amide bonds.